The molecule has 1 aliphatic heterocycles. The molecule has 1 aliphatic rings. The number of anilines is 1. The highest BCUT2D eigenvalue weighted by Gasteiger charge is 2.26. The fourth-order valence-electron chi connectivity index (χ4n) is 3.22. The van der Waals surface area contributed by atoms with E-state index in [0.29, 0.717) is 31.2 Å². The number of halogens is 1. The first-order valence-electron chi connectivity index (χ1n) is 9.07. The molecule has 1 fully saturated rings. The lowest BCUT2D eigenvalue weighted by molar-refractivity contribution is -0.135. The Morgan fingerprint density at radius 1 is 1.26 bits per heavy atom. The molecule has 144 valence electrons. The summed E-state index contributed by atoms with van der Waals surface area (Å²) in [4.78, 5) is 25.2. The summed E-state index contributed by atoms with van der Waals surface area (Å²) >= 11 is 6.37. The van der Waals surface area contributed by atoms with Crippen LogP contribution in [0, 0.1) is 6.92 Å². The van der Waals surface area contributed by atoms with Gasteiger partial charge in [0.1, 0.15) is 5.82 Å². The maximum absolute atomic E-state index is 12.3. The van der Waals surface area contributed by atoms with Crippen LogP contribution in [-0.2, 0) is 4.79 Å². The number of hydrogen-bond donors (Lipinski definition) is 1. The smallest absolute Gasteiger partial charge is 0.225 e. The van der Waals surface area contributed by atoms with Gasteiger partial charge in [-0.25, -0.2) is 4.98 Å². The normalized spacial score (nSPS) is 15.1. The van der Waals surface area contributed by atoms with Gasteiger partial charge in [0, 0.05) is 44.1 Å². The average Bonchev–Trinajstić information content (AvgIpc) is 2.62. The Labute approximate surface area is 164 Å². The van der Waals surface area contributed by atoms with Crippen molar-refractivity contribution in [1.29, 1.82) is 0 Å². The molecule has 6 nitrogen and oxygen atoms in total. The summed E-state index contributed by atoms with van der Waals surface area (Å²) in [6.45, 7) is 7.90. The number of piperazine rings is 1. The fraction of sp³-hybridized carbons (Fsp3) is 0.450. The van der Waals surface area contributed by atoms with Gasteiger partial charge in [0.25, 0.3) is 0 Å². The van der Waals surface area contributed by atoms with E-state index in [1.54, 1.807) is 31.1 Å². The summed E-state index contributed by atoms with van der Waals surface area (Å²) in [7, 11) is 0. The predicted molar refractivity (Wildman–Crippen MR) is 107 cm³/mol. The quantitative estimate of drug-likeness (QED) is 0.872. The molecule has 1 amide bonds. The minimum Gasteiger partial charge on any atom is -0.390 e. The van der Waals surface area contributed by atoms with Crippen molar-refractivity contribution in [2.75, 3.05) is 31.1 Å². The maximum Gasteiger partial charge on any atom is 0.225 e. The molecular formula is C20H25ClN4O2. The molecule has 0 aromatic carbocycles. The molecule has 1 saturated heterocycles. The zero-order chi connectivity index (χ0) is 19.6. The van der Waals surface area contributed by atoms with E-state index in [1.165, 1.54) is 0 Å². The van der Waals surface area contributed by atoms with Crippen molar-refractivity contribution in [3.8, 4) is 11.3 Å². The second-order valence-electron chi connectivity index (χ2n) is 7.55. The summed E-state index contributed by atoms with van der Waals surface area (Å²) < 4.78 is 0. The van der Waals surface area contributed by atoms with Crippen molar-refractivity contribution >= 4 is 23.3 Å². The second kappa shape index (κ2) is 7.82. The Bertz CT molecular complexity index is 827. The minimum absolute atomic E-state index is 0.0176. The summed E-state index contributed by atoms with van der Waals surface area (Å²) in [5.41, 5.74) is 1.78. The van der Waals surface area contributed by atoms with Gasteiger partial charge in [0.15, 0.2) is 0 Å². The van der Waals surface area contributed by atoms with Gasteiger partial charge < -0.3 is 14.9 Å². The van der Waals surface area contributed by atoms with Crippen molar-refractivity contribution in [2.45, 2.75) is 32.8 Å². The molecule has 3 heterocycles. The number of aryl methyl sites for hydroxylation is 1. The summed E-state index contributed by atoms with van der Waals surface area (Å²) in [5, 5.41) is 10.4. The Balaban J connectivity index is 1.73. The molecule has 0 saturated carbocycles. The first-order chi connectivity index (χ1) is 12.7. The number of aromatic nitrogens is 2. The number of carbonyl (C=O) groups excluding carboxylic acids is 1. The first kappa shape index (κ1) is 19.6. The number of pyridine rings is 2. The van der Waals surface area contributed by atoms with Gasteiger partial charge in [-0.2, -0.15) is 0 Å². The van der Waals surface area contributed by atoms with Crippen LogP contribution < -0.4 is 4.90 Å². The van der Waals surface area contributed by atoms with Crippen molar-refractivity contribution in [2.24, 2.45) is 0 Å². The number of carbonyl (C=O) groups is 1. The molecule has 2 aromatic rings. The largest absolute Gasteiger partial charge is 0.390 e. The van der Waals surface area contributed by atoms with E-state index in [0.717, 1.165) is 22.6 Å². The van der Waals surface area contributed by atoms with Crippen LogP contribution in [0.15, 0.2) is 30.6 Å². The standard InChI is InChI=1S/C20H25ClN4O2/c1-14-5-4-6-22-19(14)15-11-17(23-13-16(15)21)24-7-9-25(10-8-24)18(26)12-20(2,3)27/h4-6,11,13,27H,7-10,12H2,1-3H3. The molecule has 0 bridgehead atoms. The van der Waals surface area contributed by atoms with E-state index in [2.05, 4.69) is 14.9 Å². The number of rotatable bonds is 4. The molecule has 27 heavy (non-hydrogen) atoms. The number of nitrogens with zero attached hydrogens (tertiary/aromatic N) is 4. The second-order valence-corrected chi connectivity index (χ2v) is 7.96. The van der Waals surface area contributed by atoms with E-state index in [4.69, 9.17) is 11.6 Å². The Hall–Kier alpha value is -2.18. The average molecular weight is 389 g/mol. The van der Waals surface area contributed by atoms with Crippen molar-refractivity contribution < 1.29 is 9.90 Å². The van der Waals surface area contributed by atoms with Gasteiger partial charge in [-0.05, 0) is 38.5 Å². The SMILES string of the molecule is Cc1cccnc1-c1cc(N2CCN(C(=O)CC(C)(C)O)CC2)ncc1Cl. The first-order valence-corrected chi connectivity index (χ1v) is 9.45. The highest BCUT2D eigenvalue weighted by Crippen LogP contribution is 2.31. The molecule has 0 radical (unpaired) electrons. The van der Waals surface area contributed by atoms with Crippen LogP contribution in [-0.4, -0.2) is 57.7 Å². The van der Waals surface area contributed by atoms with E-state index in [1.807, 2.05) is 25.1 Å². The molecular weight excluding hydrogens is 364 g/mol. The highest BCUT2D eigenvalue weighted by molar-refractivity contribution is 6.33. The van der Waals surface area contributed by atoms with Gasteiger partial charge in [-0.15, -0.1) is 0 Å². The third kappa shape index (κ3) is 4.76. The van der Waals surface area contributed by atoms with E-state index < -0.39 is 5.60 Å². The van der Waals surface area contributed by atoms with Crippen LogP contribution in [0.2, 0.25) is 5.02 Å². The number of hydrogen-bond acceptors (Lipinski definition) is 5. The lowest BCUT2D eigenvalue weighted by Gasteiger charge is -2.36. The molecule has 1 N–H and O–H groups in total. The maximum atomic E-state index is 12.3. The van der Waals surface area contributed by atoms with Gasteiger partial charge in [0.2, 0.25) is 5.91 Å². The van der Waals surface area contributed by atoms with Crippen LogP contribution >= 0.6 is 11.6 Å². The lowest BCUT2D eigenvalue weighted by Crippen LogP contribution is -2.50. The third-order valence-electron chi connectivity index (χ3n) is 4.65. The topological polar surface area (TPSA) is 69.6 Å². The van der Waals surface area contributed by atoms with Crippen molar-refractivity contribution in [3.05, 3.63) is 41.2 Å². The molecule has 0 unspecified atom stereocenters. The predicted octanol–water partition coefficient (Wildman–Crippen LogP) is 2.92. The minimum atomic E-state index is -0.985. The molecule has 2 aromatic heterocycles. The van der Waals surface area contributed by atoms with E-state index >= 15 is 0 Å². The van der Waals surface area contributed by atoms with Crippen molar-refractivity contribution in [1.82, 2.24) is 14.9 Å². The van der Waals surface area contributed by atoms with Gasteiger partial charge >= 0.3 is 0 Å². The molecule has 0 atom stereocenters. The third-order valence-corrected chi connectivity index (χ3v) is 4.95. The molecule has 0 spiro atoms. The van der Waals surface area contributed by atoms with Gasteiger partial charge in [-0.3, -0.25) is 9.78 Å². The molecule has 3 rings (SSSR count). The monoisotopic (exact) mass is 388 g/mol. The van der Waals surface area contributed by atoms with Gasteiger partial charge in [-0.1, -0.05) is 17.7 Å². The summed E-state index contributed by atoms with van der Waals surface area (Å²) in [6, 6.07) is 5.87. The van der Waals surface area contributed by atoms with Crippen molar-refractivity contribution in [3.63, 3.8) is 0 Å². The zero-order valence-electron chi connectivity index (χ0n) is 15.9. The molecule has 7 heteroatoms. The zero-order valence-corrected chi connectivity index (χ0v) is 16.7. The highest BCUT2D eigenvalue weighted by atomic mass is 35.5. The lowest BCUT2D eigenvalue weighted by atomic mass is 10.0. The van der Waals surface area contributed by atoms with E-state index in [-0.39, 0.29) is 12.3 Å². The summed E-state index contributed by atoms with van der Waals surface area (Å²) in [6.07, 6.45) is 3.55. The van der Waals surface area contributed by atoms with Crippen LogP contribution in [0.1, 0.15) is 25.8 Å². The molecule has 0 aliphatic carbocycles. The number of amides is 1. The van der Waals surface area contributed by atoms with Crippen LogP contribution in [0.25, 0.3) is 11.3 Å². The Kier molecular flexibility index (Phi) is 5.67. The fourth-order valence-corrected chi connectivity index (χ4v) is 3.41. The Morgan fingerprint density at radius 2 is 1.96 bits per heavy atom. The van der Waals surface area contributed by atoms with E-state index in [9.17, 15) is 9.90 Å². The van der Waals surface area contributed by atoms with Crippen LogP contribution in [0.3, 0.4) is 0 Å². The van der Waals surface area contributed by atoms with Crippen LogP contribution in [0.5, 0.6) is 0 Å². The van der Waals surface area contributed by atoms with Crippen LogP contribution in [0.4, 0.5) is 5.82 Å². The number of aliphatic hydroxyl groups is 1. The van der Waals surface area contributed by atoms with Gasteiger partial charge in [0.05, 0.1) is 22.7 Å². The Morgan fingerprint density at radius 3 is 2.59 bits per heavy atom. The summed E-state index contributed by atoms with van der Waals surface area (Å²) in [5.74, 6) is 0.810.